The molecule has 1 heterocycles. The summed E-state index contributed by atoms with van der Waals surface area (Å²) in [7, 11) is 0. The Labute approximate surface area is 179 Å². The summed E-state index contributed by atoms with van der Waals surface area (Å²) in [5, 5.41) is 4.44. The highest BCUT2D eigenvalue weighted by molar-refractivity contribution is 7.99. The summed E-state index contributed by atoms with van der Waals surface area (Å²) in [6.45, 7) is 8.06. The van der Waals surface area contributed by atoms with Gasteiger partial charge < -0.3 is 5.32 Å². The average Bonchev–Trinajstić information content (AvgIpc) is 2.66. The molecule has 0 radical (unpaired) electrons. The number of aryl methyl sites for hydroxylation is 1. The van der Waals surface area contributed by atoms with Crippen LogP contribution in [0, 0.1) is 12.8 Å². The molecule has 7 heteroatoms. The third-order valence-corrected chi connectivity index (χ3v) is 5.96. The van der Waals surface area contributed by atoms with Crippen LogP contribution in [-0.2, 0) is 4.79 Å². The van der Waals surface area contributed by atoms with Crippen LogP contribution in [0.1, 0.15) is 26.3 Å². The van der Waals surface area contributed by atoms with Crippen LogP contribution < -0.4 is 10.9 Å². The number of aromatic nitrogens is 2. The van der Waals surface area contributed by atoms with Gasteiger partial charge in [-0.05, 0) is 55.7 Å². The van der Waals surface area contributed by atoms with Crippen molar-refractivity contribution in [2.75, 3.05) is 5.75 Å². The molecule has 1 amide bonds. The molecule has 0 aliphatic carbocycles. The normalized spacial score (nSPS) is 12.3. The highest BCUT2D eigenvalue weighted by Crippen LogP contribution is 2.23. The molecule has 3 rings (SSSR count). The van der Waals surface area contributed by atoms with Crippen molar-refractivity contribution < 1.29 is 4.79 Å². The number of rotatable bonds is 6. The first-order valence-electron chi connectivity index (χ1n) is 9.48. The lowest BCUT2D eigenvalue weighted by Crippen LogP contribution is -2.37. The van der Waals surface area contributed by atoms with Crippen molar-refractivity contribution in [3.05, 3.63) is 63.4 Å². The molecule has 1 N–H and O–H groups in total. The van der Waals surface area contributed by atoms with E-state index in [0.29, 0.717) is 27.0 Å². The molecule has 1 aromatic heterocycles. The number of hydrogen-bond donors (Lipinski definition) is 1. The predicted molar refractivity (Wildman–Crippen MR) is 120 cm³/mol. The Morgan fingerprint density at radius 1 is 1.21 bits per heavy atom. The summed E-state index contributed by atoms with van der Waals surface area (Å²) in [5.41, 5.74) is 2.09. The van der Waals surface area contributed by atoms with Gasteiger partial charge in [-0.1, -0.05) is 49.3 Å². The summed E-state index contributed by atoms with van der Waals surface area (Å²) >= 11 is 7.34. The fourth-order valence-electron chi connectivity index (χ4n) is 2.82. The molecule has 0 fully saturated rings. The van der Waals surface area contributed by atoms with Gasteiger partial charge in [0.1, 0.15) is 0 Å². The van der Waals surface area contributed by atoms with Crippen LogP contribution in [0.25, 0.3) is 16.6 Å². The lowest BCUT2D eigenvalue weighted by molar-refractivity contribution is -0.119. The number of nitrogens with zero attached hydrogens (tertiary/aromatic N) is 2. The third-order valence-electron chi connectivity index (χ3n) is 4.78. The highest BCUT2D eigenvalue weighted by Gasteiger charge is 2.16. The zero-order chi connectivity index (χ0) is 21.1. The fourth-order valence-corrected chi connectivity index (χ4v) is 3.81. The van der Waals surface area contributed by atoms with Gasteiger partial charge in [-0.2, -0.15) is 0 Å². The summed E-state index contributed by atoms with van der Waals surface area (Å²) in [5.74, 6) is 0.421. The first-order valence-corrected chi connectivity index (χ1v) is 10.8. The Kier molecular flexibility index (Phi) is 6.65. The minimum atomic E-state index is -0.185. The van der Waals surface area contributed by atoms with Crippen molar-refractivity contribution in [2.24, 2.45) is 5.92 Å². The molecule has 0 bridgehead atoms. The van der Waals surface area contributed by atoms with Gasteiger partial charge in [0, 0.05) is 11.1 Å². The van der Waals surface area contributed by atoms with E-state index in [4.69, 9.17) is 11.6 Å². The first-order chi connectivity index (χ1) is 13.8. The lowest BCUT2D eigenvalue weighted by Gasteiger charge is -2.18. The molecule has 0 aliphatic heterocycles. The number of benzene rings is 2. The van der Waals surface area contributed by atoms with E-state index < -0.39 is 0 Å². The maximum atomic E-state index is 13.3. The van der Waals surface area contributed by atoms with E-state index in [0.717, 1.165) is 11.3 Å². The van der Waals surface area contributed by atoms with Crippen molar-refractivity contribution >= 4 is 40.2 Å². The lowest BCUT2D eigenvalue weighted by atomic mass is 10.1. The van der Waals surface area contributed by atoms with Crippen molar-refractivity contribution in [1.29, 1.82) is 0 Å². The van der Waals surface area contributed by atoms with E-state index in [9.17, 15) is 9.59 Å². The number of fused-ring (bicyclic) bond motifs is 1. The number of amides is 1. The van der Waals surface area contributed by atoms with Crippen molar-refractivity contribution in [2.45, 2.75) is 38.9 Å². The van der Waals surface area contributed by atoms with Crippen LogP contribution in [0.4, 0.5) is 0 Å². The summed E-state index contributed by atoms with van der Waals surface area (Å²) in [4.78, 5) is 30.3. The van der Waals surface area contributed by atoms with Gasteiger partial charge in [0.15, 0.2) is 5.16 Å². The molecule has 0 saturated carbocycles. The van der Waals surface area contributed by atoms with Gasteiger partial charge in [-0.15, -0.1) is 0 Å². The topological polar surface area (TPSA) is 64.0 Å². The van der Waals surface area contributed by atoms with Gasteiger partial charge in [-0.3, -0.25) is 14.2 Å². The van der Waals surface area contributed by atoms with E-state index in [1.54, 1.807) is 22.8 Å². The molecule has 0 aliphatic rings. The smallest absolute Gasteiger partial charge is 0.266 e. The number of hydrogen-bond acceptors (Lipinski definition) is 4. The quantitative estimate of drug-likeness (QED) is 0.459. The maximum Gasteiger partial charge on any atom is 0.266 e. The molecular formula is C22H24ClN3O2S. The largest absolute Gasteiger partial charge is 0.353 e. The molecular weight excluding hydrogens is 406 g/mol. The summed E-state index contributed by atoms with van der Waals surface area (Å²) < 4.78 is 1.56. The van der Waals surface area contributed by atoms with Gasteiger partial charge in [0.05, 0.1) is 22.3 Å². The molecule has 29 heavy (non-hydrogen) atoms. The van der Waals surface area contributed by atoms with Crippen molar-refractivity contribution in [1.82, 2.24) is 14.9 Å². The molecule has 0 saturated heterocycles. The van der Waals surface area contributed by atoms with Crippen LogP contribution in [0.2, 0.25) is 5.02 Å². The SMILES string of the molecule is Cc1cccc(-n2c(SCC(=O)NC(C)C(C)C)nc3cc(Cl)ccc3c2=O)c1. The molecule has 1 atom stereocenters. The van der Waals surface area contributed by atoms with Gasteiger partial charge in [0.25, 0.3) is 5.56 Å². The molecule has 152 valence electrons. The minimum Gasteiger partial charge on any atom is -0.353 e. The molecule has 5 nitrogen and oxygen atoms in total. The number of nitrogens with one attached hydrogen (secondary N) is 1. The second-order valence-electron chi connectivity index (χ2n) is 7.42. The number of halogens is 1. The van der Waals surface area contributed by atoms with E-state index in [1.807, 2.05) is 38.1 Å². The van der Waals surface area contributed by atoms with Gasteiger partial charge >= 0.3 is 0 Å². The van der Waals surface area contributed by atoms with Crippen LogP contribution >= 0.6 is 23.4 Å². The second kappa shape index (κ2) is 9.01. The van der Waals surface area contributed by atoms with Crippen LogP contribution in [-0.4, -0.2) is 27.3 Å². The highest BCUT2D eigenvalue weighted by atomic mass is 35.5. The van der Waals surface area contributed by atoms with E-state index >= 15 is 0 Å². The minimum absolute atomic E-state index is 0.0745. The molecule has 1 unspecified atom stereocenters. The number of thioether (sulfide) groups is 1. The van der Waals surface area contributed by atoms with Crippen LogP contribution in [0.5, 0.6) is 0 Å². The Morgan fingerprint density at radius 2 is 1.97 bits per heavy atom. The van der Waals surface area contributed by atoms with E-state index in [1.165, 1.54) is 11.8 Å². The Morgan fingerprint density at radius 3 is 2.66 bits per heavy atom. The fraction of sp³-hybridized carbons (Fsp3) is 0.318. The van der Waals surface area contributed by atoms with Crippen molar-refractivity contribution in [3.8, 4) is 5.69 Å². The first kappa shape index (κ1) is 21.4. The standard InChI is InChI=1S/C22H24ClN3O2S/c1-13(2)15(4)24-20(27)12-29-22-25-19-11-16(23)8-9-18(19)21(28)26(22)17-7-5-6-14(3)10-17/h5-11,13,15H,12H2,1-4H3,(H,24,27). The Balaban J connectivity index is 2.03. The summed E-state index contributed by atoms with van der Waals surface area (Å²) in [6, 6.07) is 12.8. The summed E-state index contributed by atoms with van der Waals surface area (Å²) in [6.07, 6.45) is 0. The monoisotopic (exact) mass is 429 g/mol. The molecule has 2 aromatic carbocycles. The zero-order valence-corrected chi connectivity index (χ0v) is 18.5. The number of carbonyl (C=O) groups excluding carboxylic acids is 1. The second-order valence-corrected chi connectivity index (χ2v) is 8.80. The van der Waals surface area contributed by atoms with Gasteiger partial charge in [-0.25, -0.2) is 4.98 Å². The third kappa shape index (κ3) is 5.00. The Bertz CT molecular complexity index is 1110. The van der Waals surface area contributed by atoms with Crippen LogP contribution in [0.15, 0.2) is 52.4 Å². The maximum absolute atomic E-state index is 13.3. The van der Waals surface area contributed by atoms with Gasteiger partial charge in [0.2, 0.25) is 5.91 Å². The Hall–Kier alpha value is -2.31. The molecule has 0 spiro atoms. The average molecular weight is 430 g/mol. The van der Waals surface area contributed by atoms with Crippen molar-refractivity contribution in [3.63, 3.8) is 0 Å². The van der Waals surface area contributed by atoms with Crippen LogP contribution in [0.3, 0.4) is 0 Å². The van der Waals surface area contributed by atoms with E-state index in [-0.39, 0.29) is 23.3 Å². The number of carbonyl (C=O) groups is 1. The zero-order valence-electron chi connectivity index (χ0n) is 16.9. The van der Waals surface area contributed by atoms with E-state index in [2.05, 4.69) is 24.1 Å². The molecule has 3 aromatic rings. The predicted octanol–water partition coefficient (Wildman–Crippen LogP) is 4.60.